The predicted octanol–water partition coefficient (Wildman–Crippen LogP) is 3.49. The zero-order valence-electron chi connectivity index (χ0n) is 14.0. The summed E-state index contributed by atoms with van der Waals surface area (Å²) >= 11 is 0. The standard InChI is InChI=1S/C17H17F3N4O2/c1-11-21-7-5-15(22-11)26-14-6-8-24(10-14)16(25)23-13-4-2-3-12(9-13)17(18,19)20/h2-5,7,9,14H,6,8,10H2,1H3,(H,23,25)/t14-/m0/s1. The SMILES string of the molecule is Cc1nccc(O[C@H]2CCN(C(=O)Nc3cccc(C(F)(F)F)c3)C2)n1. The van der Waals surface area contributed by atoms with Crippen molar-refractivity contribution in [3.63, 3.8) is 0 Å². The van der Waals surface area contributed by atoms with E-state index in [2.05, 4.69) is 15.3 Å². The van der Waals surface area contributed by atoms with Crippen molar-refractivity contribution in [2.75, 3.05) is 18.4 Å². The minimum absolute atomic E-state index is 0.0978. The maximum atomic E-state index is 12.7. The lowest BCUT2D eigenvalue weighted by Crippen LogP contribution is -2.34. The first kappa shape index (κ1) is 18.0. The highest BCUT2D eigenvalue weighted by Gasteiger charge is 2.31. The number of anilines is 1. The van der Waals surface area contributed by atoms with E-state index in [0.717, 1.165) is 12.1 Å². The summed E-state index contributed by atoms with van der Waals surface area (Å²) in [5.41, 5.74) is -0.710. The molecule has 2 heterocycles. The van der Waals surface area contributed by atoms with Crippen LogP contribution in [0.2, 0.25) is 0 Å². The van der Waals surface area contributed by atoms with Gasteiger partial charge >= 0.3 is 12.2 Å². The molecule has 0 saturated carbocycles. The average Bonchev–Trinajstić information content (AvgIpc) is 3.03. The van der Waals surface area contributed by atoms with E-state index >= 15 is 0 Å². The molecule has 26 heavy (non-hydrogen) atoms. The highest BCUT2D eigenvalue weighted by atomic mass is 19.4. The van der Waals surface area contributed by atoms with Crippen LogP contribution in [0.3, 0.4) is 0 Å². The molecule has 1 fully saturated rings. The molecule has 1 N–H and O–H groups in total. The highest BCUT2D eigenvalue weighted by Crippen LogP contribution is 2.30. The van der Waals surface area contributed by atoms with Crippen LogP contribution in [0.5, 0.6) is 5.88 Å². The van der Waals surface area contributed by atoms with Crippen LogP contribution in [0.1, 0.15) is 17.8 Å². The number of amides is 2. The van der Waals surface area contributed by atoms with Gasteiger partial charge in [0.25, 0.3) is 0 Å². The molecular weight excluding hydrogens is 349 g/mol. The Bertz CT molecular complexity index is 798. The molecule has 1 saturated heterocycles. The Kier molecular flexibility index (Phi) is 4.97. The smallest absolute Gasteiger partial charge is 0.416 e. The van der Waals surface area contributed by atoms with E-state index in [-0.39, 0.29) is 11.8 Å². The molecule has 9 heteroatoms. The van der Waals surface area contributed by atoms with Crippen molar-refractivity contribution < 1.29 is 22.7 Å². The van der Waals surface area contributed by atoms with Gasteiger partial charge in [-0.15, -0.1) is 0 Å². The second kappa shape index (κ2) is 7.19. The summed E-state index contributed by atoms with van der Waals surface area (Å²) in [7, 11) is 0. The number of nitrogens with one attached hydrogen (secondary N) is 1. The average molecular weight is 366 g/mol. The quantitative estimate of drug-likeness (QED) is 0.903. The number of rotatable bonds is 3. The van der Waals surface area contributed by atoms with Crippen molar-refractivity contribution in [2.45, 2.75) is 25.6 Å². The van der Waals surface area contributed by atoms with Gasteiger partial charge in [0.1, 0.15) is 11.9 Å². The molecule has 3 rings (SSSR count). The van der Waals surface area contributed by atoms with Gasteiger partial charge in [-0.2, -0.15) is 18.2 Å². The van der Waals surface area contributed by atoms with Crippen LogP contribution in [-0.2, 0) is 6.18 Å². The van der Waals surface area contributed by atoms with Crippen molar-refractivity contribution in [3.8, 4) is 5.88 Å². The third-order valence-electron chi connectivity index (χ3n) is 3.91. The number of aryl methyl sites for hydroxylation is 1. The van der Waals surface area contributed by atoms with Gasteiger partial charge in [0.05, 0.1) is 12.1 Å². The molecule has 1 aliphatic heterocycles. The zero-order chi connectivity index (χ0) is 18.7. The number of likely N-dealkylation sites (tertiary alicyclic amines) is 1. The van der Waals surface area contributed by atoms with E-state index in [9.17, 15) is 18.0 Å². The number of carbonyl (C=O) groups excluding carboxylic acids is 1. The number of alkyl halides is 3. The summed E-state index contributed by atoms with van der Waals surface area (Å²) in [6.45, 7) is 2.52. The lowest BCUT2D eigenvalue weighted by Gasteiger charge is -2.18. The molecule has 0 aliphatic carbocycles. The first-order valence-corrected chi connectivity index (χ1v) is 8.01. The summed E-state index contributed by atoms with van der Waals surface area (Å²) < 4.78 is 44.0. The van der Waals surface area contributed by atoms with Crippen LogP contribution in [0.25, 0.3) is 0 Å². The Balaban J connectivity index is 1.58. The summed E-state index contributed by atoms with van der Waals surface area (Å²) in [6.07, 6.45) is -2.48. The Labute approximate surface area is 148 Å². The number of carbonyl (C=O) groups is 1. The van der Waals surface area contributed by atoms with Gasteiger partial charge in [-0.3, -0.25) is 0 Å². The van der Waals surface area contributed by atoms with Gasteiger partial charge < -0.3 is 15.0 Å². The third kappa shape index (κ3) is 4.41. The van der Waals surface area contributed by atoms with Crippen LogP contribution < -0.4 is 10.1 Å². The second-order valence-electron chi connectivity index (χ2n) is 5.93. The van der Waals surface area contributed by atoms with Crippen LogP contribution in [0.4, 0.5) is 23.7 Å². The first-order chi connectivity index (χ1) is 12.3. The molecule has 0 unspecified atom stereocenters. The molecule has 1 aromatic heterocycles. The maximum absolute atomic E-state index is 12.7. The summed E-state index contributed by atoms with van der Waals surface area (Å²) in [5, 5.41) is 2.50. The lowest BCUT2D eigenvalue weighted by molar-refractivity contribution is -0.137. The second-order valence-corrected chi connectivity index (χ2v) is 5.93. The number of aromatic nitrogens is 2. The molecular formula is C17H17F3N4O2. The summed E-state index contributed by atoms with van der Waals surface area (Å²) in [5.74, 6) is 1.02. The van der Waals surface area contributed by atoms with E-state index in [1.165, 1.54) is 17.0 Å². The normalized spacial score (nSPS) is 17.2. The van der Waals surface area contributed by atoms with Gasteiger partial charge in [-0.05, 0) is 25.1 Å². The third-order valence-corrected chi connectivity index (χ3v) is 3.91. The topological polar surface area (TPSA) is 67.3 Å². The van der Waals surface area contributed by atoms with E-state index < -0.39 is 17.8 Å². The van der Waals surface area contributed by atoms with Crippen molar-refractivity contribution >= 4 is 11.7 Å². The maximum Gasteiger partial charge on any atom is 0.416 e. The number of benzene rings is 1. The van der Waals surface area contributed by atoms with Crippen molar-refractivity contribution in [3.05, 3.63) is 47.9 Å². The Morgan fingerprint density at radius 1 is 1.35 bits per heavy atom. The molecule has 0 radical (unpaired) electrons. The molecule has 1 atom stereocenters. The molecule has 2 aromatic rings. The Hall–Kier alpha value is -2.84. The molecule has 138 valence electrons. The zero-order valence-corrected chi connectivity index (χ0v) is 14.0. The van der Waals surface area contributed by atoms with E-state index in [1.807, 2.05) is 0 Å². The van der Waals surface area contributed by atoms with Gasteiger partial charge in [-0.1, -0.05) is 6.07 Å². The number of halogens is 3. The monoisotopic (exact) mass is 366 g/mol. The Morgan fingerprint density at radius 2 is 2.15 bits per heavy atom. The van der Waals surface area contributed by atoms with E-state index in [4.69, 9.17) is 4.74 Å². The van der Waals surface area contributed by atoms with Crippen LogP contribution in [0.15, 0.2) is 36.5 Å². The fourth-order valence-corrected chi connectivity index (χ4v) is 2.66. The molecule has 1 aliphatic rings. The summed E-state index contributed by atoms with van der Waals surface area (Å²) in [6, 6.07) is 5.71. The predicted molar refractivity (Wildman–Crippen MR) is 87.8 cm³/mol. The molecule has 1 aromatic carbocycles. The lowest BCUT2D eigenvalue weighted by atomic mass is 10.2. The number of hydrogen-bond donors (Lipinski definition) is 1. The van der Waals surface area contributed by atoms with Crippen LogP contribution in [-0.4, -0.2) is 40.1 Å². The molecule has 0 bridgehead atoms. The van der Waals surface area contributed by atoms with Crippen molar-refractivity contribution in [1.29, 1.82) is 0 Å². The molecule has 2 amide bonds. The Morgan fingerprint density at radius 3 is 2.88 bits per heavy atom. The minimum atomic E-state index is -4.46. The number of ether oxygens (including phenoxy) is 1. The van der Waals surface area contributed by atoms with Crippen molar-refractivity contribution in [2.24, 2.45) is 0 Å². The van der Waals surface area contributed by atoms with Crippen LogP contribution in [0, 0.1) is 6.92 Å². The van der Waals surface area contributed by atoms with Gasteiger partial charge in [0.2, 0.25) is 5.88 Å². The van der Waals surface area contributed by atoms with Gasteiger partial charge in [0.15, 0.2) is 0 Å². The fraction of sp³-hybridized carbons (Fsp3) is 0.353. The summed E-state index contributed by atoms with van der Waals surface area (Å²) in [4.78, 5) is 21.9. The van der Waals surface area contributed by atoms with Crippen molar-refractivity contribution in [1.82, 2.24) is 14.9 Å². The minimum Gasteiger partial charge on any atom is -0.472 e. The van der Waals surface area contributed by atoms with Crippen LogP contribution >= 0.6 is 0 Å². The largest absolute Gasteiger partial charge is 0.472 e. The van der Waals surface area contributed by atoms with Gasteiger partial charge in [-0.25, -0.2) is 9.78 Å². The number of hydrogen-bond acceptors (Lipinski definition) is 4. The number of urea groups is 1. The first-order valence-electron chi connectivity index (χ1n) is 8.01. The molecule has 6 nitrogen and oxygen atoms in total. The van der Waals surface area contributed by atoms with E-state index in [0.29, 0.717) is 31.2 Å². The highest BCUT2D eigenvalue weighted by molar-refractivity contribution is 5.89. The fourth-order valence-electron chi connectivity index (χ4n) is 2.66. The van der Waals surface area contributed by atoms with E-state index in [1.54, 1.807) is 19.2 Å². The molecule has 0 spiro atoms. The number of nitrogens with zero attached hydrogens (tertiary/aromatic N) is 3. The van der Waals surface area contributed by atoms with Gasteiger partial charge in [0, 0.05) is 30.9 Å².